The van der Waals surface area contributed by atoms with E-state index in [1.54, 1.807) is 47.2 Å². The van der Waals surface area contributed by atoms with E-state index < -0.39 is 10.0 Å². The van der Waals surface area contributed by atoms with Crippen LogP contribution < -0.4 is 10.1 Å². The van der Waals surface area contributed by atoms with Gasteiger partial charge in [-0.3, -0.25) is 4.79 Å². The third kappa shape index (κ3) is 7.89. The number of benzene rings is 3. The van der Waals surface area contributed by atoms with Crippen LogP contribution in [-0.4, -0.2) is 73.8 Å². The van der Waals surface area contributed by atoms with Crippen molar-refractivity contribution in [2.24, 2.45) is 0 Å². The van der Waals surface area contributed by atoms with Crippen LogP contribution in [-0.2, 0) is 21.4 Å². The van der Waals surface area contributed by atoms with Crippen molar-refractivity contribution in [3.8, 4) is 5.75 Å². The summed E-state index contributed by atoms with van der Waals surface area (Å²) in [5.41, 5.74) is 2.76. The van der Waals surface area contributed by atoms with Gasteiger partial charge in [0.2, 0.25) is 15.9 Å². The molecule has 0 aromatic heterocycles. The van der Waals surface area contributed by atoms with Crippen molar-refractivity contribution >= 4 is 27.6 Å². The number of piperidine rings is 1. The summed E-state index contributed by atoms with van der Waals surface area (Å²) in [6.07, 6.45) is 1.75. The number of nitrogens with zero attached hydrogens (tertiary/aromatic N) is 3. The molecule has 1 fully saturated rings. The van der Waals surface area contributed by atoms with Crippen LogP contribution in [0.2, 0.25) is 0 Å². The van der Waals surface area contributed by atoms with Crippen molar-refractivity contribution in [2.75, 3.05) is 38.6 Å². The van der Waals surface area contributed by atoms with Crippen molar-refractivity contribution in [1.29, 1.82) is 0 Å². The molecule has 42 heavy (non-hydrogen) atoms. The molecule has 3 aromatic carbocycles. The van der Waals surface area contributed by atoms with Crippen molar-refractivity contribution in [1.82, 2.24) is 14.1 Å². The smallest absolute Gasteiger partial charge is 0.321 e. The Balaban J connectivity index is 1.50. The Morgan fingerprint density at radius 1 is 0.952 bits per heavy atom. The fourth-order valence-electron chi connectivity index (χ4n) is 5.09. The number of aryl methyl sites for hydroxylation is 1. The average molecular weight is 593 g/mol. The number of methoxy groups -OCH3 is 1. The lowest BCUT2D eigenvalue weighted by atomic mass is 10.0. The third-order valence-corrected chi connectivity index (χ3v) is 9.35. The zero-order valence-electron chi connectivity index (χ0n) is 24.5. The molecular weight excluding hydrogens is 552 g/mol. The molecule has 9 nitrogen and oxygen atoms in total. The number of amides is 3. The predicted octanol–water partition coefficient (Wildman–Crippen LogP) is 5.13. The summed E-state index contributed by atoms with van der Waals surface area (Å²) in [6.45, 7) is 5.16. The Bertz CT molecular complexity index is 1420. The van der Waals surface area contributed by atoms with Crippen LogP contribution in [0.25, 0.3) is 0 Å². The maximum absolute atomic E-state index is 13.9. The number of rotatable bonds is 11. The van der Waals surface area contributed by atoms with Crippen molar-refractivity contribution in [3.05, 3.63) is 90.0 Å². The summed E-state index contributed by atoms with van der Waals surface area (Å²) in [5, 5.41) is 2.95. The second-order valence-electron chi connectivity index (χ2n) is 10.5. The summed E-state index contributed by atoms with van der Waals surface area (Å²) in [6, 6.07) is 23.1. The number of nitrogens with one attached hydrogen (secondary N) is 1. The summed E-state index contributed by atoms with van der Waals surface area (Å²) in [7, 11) is -2.25. The summed E-state index contributed by atoms with van der Waals surface area (Å²) in [5.74, 6) is 0.453. The molecule has 1 heterocycles. The minimum absolute atomic E-state index is 0.147. The van der Waals surface area contributed by atoms with Crippen LogP contribution in [0, 0.1) is 6.92 Å². The molecule has 3 amide bonds. The standard InChI is InChI=1S/C32H40N4O5S/c1-4-20-35(42(39,40)30-8-6-5-7-9-30)24-31(37)36(23-26-12-16-29(41-3)17-13-26)28-18-21-34(22-19-28)32(38)33-27-14-10-25(2)11-15-27/h5-17,28H,4,18-24H2,1-3H3,(H,33,38). The van der Waals surface area contributed by atoms with Gasteiger partial charge in [0, 0.05) is 37.9 Å². The molecule has 0 aliphatic carbocycles. The SMILES string of the molecule is CCCN(CC(=O)N(Cc1ccc(OC)cc1)C1CCN(C(=O)Nc2ccc(C)cc2)CC1)S(=O)(=O)c1ccccc1. The molecule has 224 valence electrons. The van der Waals surface area contributed by atoms with E-state index in [0.717, 1.165) is 16.8 Å². The van der Waals surface area contributed by atoms with Gasteiger partial charge in [0.05, 0.1) is 18.6 Å². The highest BCUT2D eigenvalue weighted by Gasteiger charge is 2.33. The van der Waals surface area contributed by atoms with Gasteiger partial charge in [-0.1, -0.05) is 55.0 Å². The molecule has 1 aliphatic rings. The van der Waals surface area contributed by atoms with E-state index in [4.69, 9.17) is 4.74 Å². The summed E-state index contributed by atoms with van der Waals surface area (Å²) in [4.78, 5) is 30.6. The number of hydrogen-bond acceptors (Lipinski definition) is 5. The molecule has 0 unspecified atom stereocenters. The molecule has 10 heteroatoms. The second kappa shape index (κ2) is 14.3. The van der Waals surface area contributed by atoms with E-state index in [9.17, 15) is 18.0 Å². The molecule has 1 saturated heterocycles. The Morgan fingerprint density at radius 3 is 2.19 bits per heavy atom. The van der Waals surface area contributed by atoms with Gasteiger partial charge in [-0.2, -0.15) is 4.31 Å². The van der Waals surface area contributed by atoms with Gasteiger partial charge in [0.1, 0.15) is 5.75 Å². The number of sulfonamides is 1. The first-order valence-corrected chi connectivity index (χ1v) is 15.8. The number of urea groups is 1. The van der Waals surface area contributed by atoms with Gasteiger partial charge in [-0.15, -0.1) is 0 Å². The zero-order valence-corrected chi connectivity index (χ0v) is 25.3. The van der Waals surface area contributed by atoms with E-state index in [2.05, 4.69) is 5.32 Å². The Labute approximate surface area is 249 Å². The van der Waals surface area contributed by atoms with Crippen LogP contribution in [0.1, 0.15) is 37.3 Å². The Hall–Kier alpha value is -3.89. The fourth-order valence-corrected chi connectivity index (χ4v) is 6.59. The van der Waals surface area contributed by atoms with Gasteiger partial charge in [-0.05, 0) is 68.1 Å². The minimum Gasteiger partial charge on any atom is -0.497 e. The minimum atomic E-state index is -3.85. The first kappa shape index (κ1) is 31.1. The van der Waals surface area contributed by atoms with E-state index in [0.29, 0.717) is 44.6 Å². The highest BCUT2D eigenvalue weighted by Crippen LogP contribution is 2.23. The largest absolute Gasteiger partial charge is 0.497 e. The van der Waals surface area contributed by atoms with Gasteiger partial charge in [0.15, 0.2) is 0 Å². The van der Waals surface area contributed by atoms with Gasteiger partial charge < -0.3 is 19.9 Å². The molecule has 0 atom stereocenters. The molecule has 1 N–H and O–H groups in total. The number of anilines is 1. The topological polar surface area (TPSA) is 99.3 Å². The van der Waals surface area contributed by atoms with Gasteiger partial charge >= 0.3 is 6.03 Å². The van der Waals surface area contributed by atoms with Gasteiger partial charge in [0.25, 0.3) is 0 Å². The molecule has 0 bridgehead atoms. The molecular formula is C32H40N4O5S. The van der Waals surface area contributed by atoms with Crippen molar-refractivity contribution < 1.29 is 22.7 Å². The second-order valence-corrected chi connectivity index (χ2v) is 12.5. The highest BCUT2D eigenvalue weighted by molar-refractivity contribution is 7.89. The van der Waals surface area contributed by atoms with E-state index in [1.165, 1.54) is 4.31 Å². The number of ether oxygens (including phenoxy) is 1. The van der Waals surface area contributed by atoms with Crippen LogP contribution in [0.4, 0.5) is 10.5 Å². The lowest BCUT2D eigenvalue weighted by Gasteiger charge is -2.39. The maximum Gasteiger partial charge on any atom is 0.321 e. The molecule has 3 aromatic rings. The number of hydrogen-bond donors (Lipinski definition) is 1. The predicted molar refractivity (Wildman–Crippen MR) is 164 cm³/mol. The Kier molecular flexibility index (Phi) is 10.6. The van der Waals surface area contributed by atoms with Crippen LogP contribution in [0.3, 0.4) is 0 Å². The highest BCUT2D eigenvalue weighted by atomic mass is 32.2. The molecule has 1 aliphatic heterocycles. The fraction of sp³-hybridized carbons (Fsp3) is 0.375. The quantitative estimate of drug-likeness (QED) is 0.333. The molecule has 0 radical (unpaired) electrons. The van der Waals surface area contributed by atoms with E-state index in [-0.39, 0.29) is 36.0 Å². The van der Waals surface area contributed by atoms with Gasteiger partial charge in [-0.25, -0.2) is 13.2 Å². The average Bonchev–Trinajstić information content (AvgIpc) is 3.01. The van der Waals surface area contributed by atoms with Crippen LogP contribution in [0.15, 0.2) is 83.8 Å². The zero-order chi connectivity index (χ0) is 30.1. The number of carbonyl (C=O) groups is 2. The van der Waals surface area contributed by atoms with E-state index >= 15 is 0 Å². The summed E-state index contributed by atoms with van der Waals surface area (Å²) < 4.78 is 33.5. The van der Waals surface area contributed by atoms with Crippen molar-refractivity contribution in [2.45, 2.75) is 50.6 Å². The monoisotopic (exact) mass is 592 g/mol. The third-order valence-electron chi connectivity index (χ3n) is 7.49. The van der Waals surface area contributed by atoms with Crippen LogP contribution >= 0.6 is 0 Å². The lowest BCUT2D eigenvalue weighted by Crippen LogP contribution is -2.51. The number of likely N-dealkylation sites (tertiary alicyclic amines) is 1. The normalized spacial score (nSPS) is 14.0. The molecule has 0 saturated carbocycles. The molecule has 0 spiro atoms. The summed E-state index contributed by atoms with van der Waals surface area (Å²) >= 11 is 0. The Morgan fingerprint density at radius 2 is 1.60 bits per heavy atom. The lowest BCUT2D eigenvalue weighted by molar-refractivity contribution is -0.135. The van der Waals surface area contributed by atoms with E-state index in [1.807, 2.05) is 62.4 Å². The number of carbonyl (C=O) groups excluding carboxylic acids is 2. The first-order chi connectivity index (χ1) is 20.2. The molecule has 4 rings (SSSR count). The van der Waals surface area contributed by atoms with Crippen molar-refractivity contribution in [3.63, 3.8) is 0 Å². The first-order valence-electron chi connectivity index (χ1n) is 14.3. The van der Waals surface area contributed by atoms with Crippen LogP contribution in [0.5, 0.6) is 5.75 Å². The maximum atomic E-state index is 13.9.